The minimum Gasteiger partial charge on any atom is -0.360 e. The standard InChI is InChI=1S/C22H20N4O/c27-22(17-13-23-18-9-3-1-7-15(17)18)25-19-10-4-2-8-16(19)20-14-26-12-6-5-11-21(26)24-20/h1-4,7-10,13-14,23H,5-6,11-12H2,(H,25,27). The quantitative estimate of drug-likeness (QED) is 0.563. The fraction of sp³-hybridized carbons (Fsp3) is 0.182. The van der Waals surface area contributed by atoms with E-state index in [0.29, 0.717) is 5.56 Å². The molecule has 0 unspecified atom stereocenters. The fourth-order valence-electron chi connectivity index (χ4n) is 3.81. The molecule has 0 saturated heterocycles. The average Bonchev–Trinajstić information content (AvgIpc) is 3.32. The number of para-hydroxylation sites is 2. The van der Waals surface area contributed by atoms with Crippen LogP contribution in [0, 0.1) is 0 Å². The molecule has 27 heavy (non-hydrogen) atoms. The summed E-state index contributed by atoms with van der Waals surface area (Å²) in [5.41, 5.74) is 4.25. The third-order valence-corrected chi connectivity index (χ3v) is 5.19. The number of carbonyl (C=O) groups is 1. The third kappa shape index (κ3) is 2.81. The molecule has 0 bridgehead atoms. The lowest BCUT2D eigenvalue weighted by molar-refractivity contribution is 0.102. The lowest BCUT2D eigenvalue weighted by Gasteiger charge is -2.11. The summed E-state index contributed by atoms with van der Waals surface area (Å²) in [7, 11) is 0. The first-order valence-corrected chi connectivity index (χ1v) is 9.32. The number of carbonyl (C=O) groups excluding carboxylic acids is 1. The van der Waals surface area contributed by atoms with Crippen LogP contribution in [0.15, 0.2) is 60.9 Å². The van der Waals surface area contributed by atoms with E-state index >= 15 is 0 Å². The van der Waals surface area contributed by atoms with Gasteiger partial charge in [0, 0.05) is 41.8 Å². The second-order valence-electron chi connectivity index (χ2n) is 6.94. The molecule has 0 saturated carbocycles. The molecule has 0 aliphatic carbocycles. The molecule has 1 aliphatic heterocycles. The highest BCUT2D eigenvalue weighted by molar-refractivity contribution is 6.13. The molecule has 5 nitrogen and oxygen atoms in total. The highest BCUT2D eigenvalue weighted by atomic mass is 16.1. The van der Waals surface area contributed by atoms with Gasteiger partial charge in [0.05, 0.1) is 16.9 Å². The summed E-state index contributed by atoms with van der Waals surface area (Å²) in [6.45, 7) is 1.02. The van der Waals surface area contributed by atoms with E-state index in [4.69, 9.17) is 4.98 Å². The second-order valence-corrected chi connectivity index (χ2v) is 6.94. The van der Waals surface area contributed by atoms with Gasteiger partial charge in [-0.15, -0.1) is 0 Å². The number of hydrogen-bond acceptors (Lipinski definition) is 2. The van der Waals surface area contributed by atoms with Crippen LogP contribution in [0.25, 0.3) is 22.2 Å². The van der Waals surface area contributed by atoms with Gasteiger partial charge in [-0.1, -0.05) is 36.4 Å². The predicted octanol–water partition coefficient (Wildman–Crippen LogP) is 4.62. The van der Waals surface area contributed by atoms with Gasteiger partial charge in [-0.3, -0.25) is 4.79 Å². The van der Waals surface area contributed by atoms with Crippen LogP contribution >= 0.6 is 0 Å². The maximum Gasteiger partial charge on any atom is 0.257 e. The topological polar surface area (TPSA) is 62.7 Å². The molecule has 2 aromatic carbocycles. The first kappa shape index (κ1) is 15.9. The minimum absolute atomic E-state index is 0.121. The molecule has 0 fully saturated rings. The number of anilines is 1. The smallest absolute Gasteiger partial charge is 0.257 e. The molecule has 1 amide bonds. The van der Waals surface area contributed by atoms with Gasteiger partial charge in [0.25, 0.3) is 5.91 Å². The van der Waals surface area contributed by atoms with Crippen molar-refractivity contribution in [2.24, 2.45) is 0 Å². The number of amides is 1. The number of rotatable bonds is 3. The van der Waals surface area contributed by atoms with Crippen molar-refractivity contribution >= 4 is 22.5 Å². The molecular weight excluding hydrogens is 336 g/mol. The zero-order chi connectivity index (χ0) is 18.2. The van der Waals surface area contributed by atoms with E-state index in [0.717, 1.165) is 46.6 Å². The zero-order valence-electron chi connectivity index (χ0n) is 14.9. The molecular formula is C22H20N4O. The second kappa shape index (κ2) is 6.43. The SMILES string of the molecule is O=C(Nc1ccccc1-c1cn2c(n1)CCCC2)c1c[nH]c2ccccc12. The Kier molecular flexibility index (Phi) is 3.78. The molecule has 1 aliphatic rings. The van der Waals surface area contributed by atoms with E-state index in [1.165, 1.54) is 12.8 Å². The number of nitrogens with zero attached hydrogens (tertiary/aromatic N) is 2. The summed E-state index contributed by atoms with van der Waals surface area (Å²) < 4.78 is 2.23. The van der Waals surface area contributed by atoms with Crippen LogP contribution < -0.4 is 5.32 Å². The number of nitrogens with one attached hydrogen (secondary N) is 2. The van der Waals surface area contributed by atoms with Crippen LogP contribution in [0.3, 0.4) is 0 Å². The Morgan fingerprint density at radius 3 is 2.85 bits per heavy atom. The van der Waals surface area contributed by atoms with Gasteiger partial charge in [0.15, 0.2) is 0 Å². The maximum absolute atomic E-state index is 12.9. The Labute approximate surface area is 157 Å². The Bertz CT molecular complexity index is 1110. The first-order valence-electron chi connectivity index (χ1n) is 9.32. The fourth-order valence-corrected chi connectivity index (χ4v) is 3.81. The molecule has 2 aromatic heterocycles. The van der Waals surface area contributed by atoms with Crippen LogP contribution in [0.1, 0.15) is 29.0 Å². The summed E-state index contributed by atoms with van der Waals surface area (Å²) in [4.78, 5) is 20.9. The van der Waals surface area contributed by atoms with Crippen LogP contribution in [0.2, 0.25) is 0 Å². The molecule has 5 rings (SSSR count). The van der Waals surface area contributed by atoms with Crippen LogP contribution in [0.4, 0.5) is 5.69 Å². The van der Waals surface area contributed by atoms with Crippen molar-refractivity contribution in [1.29, 1.82) is 0 Å². The lowest BCUT2D eigenvalue weighted by atomic mass is 10.1. The monoisotopic (exact) mass is 356 g/mol. The van der Waals surface area contributed by atoms with Gasteiger partial charge in [-0.05, 0) is 25.0 Å². The molecule has 3 heterocycles. The summed E-state index contributed by atoms with van der Waals surface area (Å²) in [5, 5.41) is 4.00. The third-order valence-electron chi connectivity index (χ3n) is 5.19. The Hall–Kier alpha value is -3.34. The van der Waals surface area contributed by atoms with E-state index < -0.39 is 0 Å². The first-order chi connectivity index (χ1) is 13.3. The van der Waals surface area contributed by atoms with E-state index in [1.807, 2.05) is 48.5 Å². The average molecular weight is 356 g/mol. The van der Waals surface area contributed by atoms with E-state index in [-0.39, 0.29) is 5.91 Å². The number of aromatic nitrogens is 3. The summed E-state index contributed by atoms with van der Waals surface area (Å²) in [5.74, 6) is 1.01. The van der Waals surface area contributed by atoms with Gasteiger partial charge in [0.2, 0.25) is 0 Å². The molecule has 0 atom stereocenters. The molecule has 134 valence electrons. The zero-order valence-corrected chi connectivity index (χ0v) is 14.9. The molecule has 2 N–H and O–H groups in total. The van der Waals surface area contributed by atoms with Gasteiger partial charge in [-0.2, -0.15) is 0 Å². The Balaban J connectivity index is 1.49. The van der Waals surface area contributed by atoms with Crippen molar-refractivity contribution in [1.82, 2.24) is 14.5 Å². The number of imidazole rings is 1. The normalized spacial score (nSPS) is 13.5. The highest BCUT2D eigenvalue weighted by Gasteiger charge is 2.17. The maximum atomic E-state index is 12.9. The van der Waals surface area contributed by atoms with Crippen molar-refractivity contribution in [3.05, 3.63) is 72.3 Å². The largest absolute Gasteiger partial charge is 0.360 e. The molecule has 4 aromatic rings. The van der Waals surface area contributed by atoms with Gasteiger partial charge >= 0.3 is 0 Å². The van der Waals surface area contributed by atoms with Crippen LogP contribution in [0.5, 0.6) is 0 Å². The summed E-state index contributed by atoms with van der Waals surface area (Å²) in [6, 6.07) is 15.7. The number of aryl methyl sites for hydroxylation is 2. The number of fused-ring (bicyclic) bond motifs is 2. The van der Waals surface area contributed by atoms with E-state index in [2.05, 4.69) is 21.1 Å². The minimum atomic E-state index is -0.121. The lowest BCUT2D eigenvalue weighted by Crippen LogP contribution is -2.12. The molecule has 0 spiro atoms. The van der Waals surface area contributed by atoms with E-state index in [9.17, 15) is 4.79 Å². The summed E-state index contributed by atoms with van der Waals surface area (Å²) >= 11 is 0. The van der Waals surface area contributed by atoms with Gasteiger partial charge in [0.1, 0.15) is 5.82 Å². The number of benzene rings is 2. The van der Waals surface area contributed by atoms with Crippen molar-refractivity contribution in [3.63, 3.8) is 0 Å². The van der Waals surface area contributed by atoms with Crippen LogP contribution in [-0.2, 0) is 13.0 Å². The van der Waals surface area contributed by atoms with Gasteiger partial charge in [-0.25, -0.2) is 4.98 Å². The highest BCUT2D eigenvalue weighted by Crippen LogP contribution is 2.29. The molecule has 5 heteroatoms. The van der Waals surface area contributed by atoms with Crippen molar-refractivity contribution < 1.29 is 4.79 Å². The Morgan fingerprint density at radius 2 is 1.93 bits per heavy atom. The number of H-pyrrole nitrogens is 1. The number of hydrogen-bond donors (Lipinski definition) is 2. The molecule has 0 radical (unpaired) electrons. The summed E-state index contributed by atoms with van der Waals surface area (Å²) in [6.07, 6.45) is 7.27. The van der Waals surface area contributed by atoms with E-state index in [1.54, 1.807) is 6.20 Å². The number of aromatic amines is 1. The van der Waals surface area contributed by atoms with Crippen molar-refractivity contribution in [2.45, 2.75) is 25.8 Å². The van der Waals surface area contributed by atoms with Gasteiger partial charge < -0.3 is 14.9 Å². The van der Waals surface area contributed by atoms with Crippen molar-refractivity contribution in [3.8, 4) is 11.3 Å². The van der Waals surface area contributed by atoms with Crippen LogP contribution in [-0.4, -0.2) is 20.4 Å². The van der Waals surface area contributed by atoms with Crippen molar-refractivity contribution in [2.75, 3.05) is 5.32 Å². The predicted molar refractivity (Wildman–Crippen MR) is 107 cm³/mol. The Morgan fingerprint density at radius 1 is 1.07 bits per heavy atom.